The number of phenols is 1. The van der Waals surface area contributed by atoms with Crippen LogP contribution in [0.2, 0.25) is 0 Å². The molecule has 0 saturated heterocycles. The van der Waals surface area contributed by atoms with E-state index in [9.17, 15) is 5.11 Å². The Hall–Kier alpha value is -1.48. The lowest BCUT2D eigenvalue weighted by Crippen LogP contribution is -2.13. The smallest absolute Gasteiger partial charge is 0.116 e. The molecule has 0 radical (unpaired) electrons. The molecule has 16 heavy (non-hydrogen) atoms. The summed E-state index contributed by atoms with van der Waals surface area (Å²) in [5, 5.41) is 10.5. The van der Waals surface area contributed by atoms with Gasteiger partial charge < -0.3 is 15.4 Å². The van der Waals surface area contributed by atoms with Crippen molar-refractivity contribution in [3.8, 4) is 5.75 Å². The third-order valence-electron chi connectivity index (χ3n) is 2.84. The molecule has 86 valence electrons. The summed E-state index contributed by atoms with van der Waals surface area (Å²) in [5.41, 5.74) is 8.20. The van der Waals surface area contributed by atoms with Crippen LogP contribution in [-0.2, 0) is 0 Å². The second kappa shape index (κ2) is 3.83. The Bertz CT molecular complexity index is 512. The van der Waals surface area contributed by atoms with E-state index in [0.29, 0.717) is 11.8 Å². The molecule has 2 aromatic rings. The van der Waals surface area contributed by atoms with Gasteiger partial charge in [0.1, 0.15) is 5.75 Å². The van der Waals surface area contributed by atoms with Gasteiger partial charge in [-0.1, -0.05) is 0 Å². The average Bonchev–Trinajstić information content (AvgIpc) is 2.55. The first-order chi connectivity index (χ1) is 7.50. The van der Waals surface area contributed by atoms with Gasteiger partial charge in [-0.15, -0.1) is 0 Å². The Labute approximate surface area is 95.5 Å². The summed E-state index contributed by atoms with van der Waals surface area (Å²) in [6, 6.07) is 7.85. The van der Waals surface area contributed by atoms with Crippen molar-refractivity contribution in [3.05, 3.63) is 30.0 Å². The van der Waals surface area contributed by atoms with Crippen molar-refractivity contribution >= 4 is 10.9 Å². The normalized spacial score (nSPS) is 13.6. The van der Waals surface area contributed by atoms with E-state index in [2.05, 4.69) is 24.5 Å². The zero-order chi connectivity index (χ0) is 11.9. The molecule has 0 aliphatic rings. The van der Waals surface area contributed by atoms with Gasteiger partial charge in [0.25, 0.3) is 0 Å². The van der Waals surface area contributed by atoms with Gasteiger partial charge in [-0.25, -0.2) is 0 Å². The zero-order valence-electron chi connectivity index (χ0n) is 9.94. The Morgan fingerprint density at radius 1 is 1.19 bits per heavy atom. The number of phenolic OH excluding ortho intramolecular Hbond substituents is 1. The number of aromatic hydroxyl groups is 1. The van der Waals surface area contributed by atoms with Crippen LogP contribution >= 0.6 is 0 Å². The first kappa shape index (κ1) is 11.0. The van der Waals surface area contributed by atoms with Gasteiger partial charge >= 0.3 is 0 Å². The minimum Gasteiger partial charge on any atom is -0.508 e. The first-order valence-electron chi connectivity index (χ1n) is 5.60. The fourth-order valence-corrected chi connectivity index (χ4v) is 2.17. The highest BCUT2D eigenvalue weighted by atomic mass is 16.3. The number of hydrogen-bond donors (Lipinski definition) is 2. The largest absolute Gasteiger partial charge is 0.508 e. The number of hydrogen-bond acceptors (Lipinski definition) is 2. The van der Waals surface area contributed by atoms with Crippen molar-refractivity contribution in [2.24, 2.45) is 5.73 Å². The van der Waals surface area contributed by atoms with Crippen molar-refractivity contribution in [1.82, 2.24) is 4.57 Å². The molecule has 0 bridgehead atoms. The van der Waals surface area contributed by atoms with Gasteiger partial charge in [0, 0.05) is 28.7 Å². The number of nitrogens with zero attached hydrogens (tertiary/aromatic N) is 1. The third-order valence-corrected chi connectivity index (χ3v) is 2.84. The summed E-state index contributed by atoms with van der Waals surface area (Å²) in [5.74, 6) is 0.296. The Kier molecular flexibility index (Phi) is 2.64. The van der Waals surface area contributed by atoms with Crippen LogP contribution < -0.4 is 5.73 Å². The topological polar surface area (TPSA) is 51.2 Å². The van der Waals surface area contributed by atoms with E-state index in [1.165, 1.54) is 0 Å². The maximum absolute atomic E-state index is 9.47. The van der Waals surface area contributed by atoms with Crippen LogP contribution in [0.1, 0.15) is 38.5 Å². The predicted octanol–water partition coefficient (Wildman–Crippen LogP) is 2.95. The molecule has 0 aliphatic carbocycles. The van der Waals surface area contributed by atoms with Crippen molar-refractivity contribution in [1.29, 1.82) is 0 Å². The van der Waals surface area contributed by atoms with Crippen LogP contribution in [-0.4, -0.2) is 9.67 Å². The summed E-state index contributed by atoms with van der Waals surface area (Å²) < 4.78 is 2.22. The highest BCUT2D eigenvalue weighted by Crippen LogP contribution is 2.29. The van der Waals surface area contributed by atoms with Crippen LogP contribution in [0.4, 0.5) is 0 Å². The van der Waals surface area contributed by atoms with E-state index in [1.807, 2.05) is 13.0 Å². The van der Waals surface area contributed by atoms with E-state index >= 15 is 0 Å². The summed E-state index contributed by atoms with van der Waals surface area (Å²) in [7, 11) is 0. The number of nitrogens with two attached hydrogens (primary N) is 1. The molecule has 0 aliphatic heterocycles. The number of rotatable bonds is 2. The van der Waals surface area contributed by atoms with E-state index in [0.717, 1.165) is 16.6 Å². The molecular formula is C13H18N2O. The molecule has 3 heteroatoms. The fourth-order valence-electron chi connectivity index (χ4n) is 2.17. The molecule has 1 aromatic carbocycles. The molecule has 1 atom stereocenters. The lowest BCUT2D eigenvalue weighted by atomic mass is 10.2. The lowest BCUT2D eigenvalue weighted by Gasteiger charge is -2.16. The summed E-state index contributed by atoms with van der Waals surface area (Å²) in [4.78, 5) is 0. The van der Waals surface area contributed by atoms with E-state index in [-0.39, 0.29) is 6.04 Å². The van der Waals surface area contributed by atoms with Crippen LogP contribution in [0.25, 0.3) is 10.9 Å². The van der Waals surface area contributed by atoms with E-state index < -0.39 is 0 Å². The lowest BCUT2D eigenvalue weighted by molar-refractivity contribution is 0.476. The zero-order valence-corrected chi connectivity index (χ0v) is 9.94. The monoisotopic (exact) mass is 218 g/mol. The van der Waals surface area contributed by atoms with Crippen molar-refractivity contribution in [2.75, 3.05) is 0 Å². The van der Waals surface area contributed by atoms with Gasteiger partial charge in [-0.05, 0) is 45.0 Å². The van der Waals surface area contributed by atoms with Crippen molar-refractivity contribution in [3.63, 3.8) is 0 Å². The maximum atomic E-state index is 9.47. The summed E-state index contributed by atoms with van der Waals surface area (Å²) in [6.07, 6.45) is 0. The van der Waals surface area contributed by atoms with Crippen LogP contribution in [0.3, 0.4) is 0 Å². The molecule has 2 rings (SSSR count). The number of benzene rings is 1. The highest BCUT2D eigenvalue weighted by Gasteiger charge is 2.14. The molecule has 0 spiro atoms. The minimum absolute atomic E-state index is 0.00283. The maximum Gasteiger partial charge on any atom is 0.116 e. The average molecular weight is 218 g/mol. The van der Waals surface area contributed by atoms with Crippen LogP contribution in [0, 0.1) is 0 Å². The van der Waals surface area contributed by atoms with Crippen molar-refractivity contribution < 1.29 is 5.11 Å². The molecule has 3 nitrogen and oxygen atoms in total. The molecule has 1 heterocycles. The fraction of sp³-hybridized carbons (Fsp3) is 0.385. The van der Waals surface area contributed by atoms with E-state index in [4.69, 9.17) is 5.73 Å². The molecule has 0 amide bonds. The molecular weight excluding hydrogens is 200 g/mol. The van der Waals surface area contributed by atoms with Gasteiger partial charge in [0.2, 0.25) is 0 Å². The standard InChI is InChI=1S/C13H18N2O/c1-8(2)15-12-5-4-11(16)6-10(12)7-13(15)9(3)14/h4-9,16H,14H2,1-3H3. The number of fused-ring (bicyclic) bond motifs is 1. The van der Waals surface area contributed by atoms with Gasteiger partial charge in [0.15, 0.2) is 0 Å². The molecule has 3 N–H and O–H groups in total. The summed E-state index contributed by atoms with van der Waals surface area (Å²) >= 11 is 0. The Morgan fingerprint density at radius 2 is 1.88 bits per heavy atom. The summed E-state index contributed by atoms with van der Waals surface area (Å²) in [6.45, 7) is 6.25. The third kappa shape index (κ3) is 1.67. The quantitative estimate of drug-likeness (QED) is 0.814. The molecule has 1 aromatic heterocycles. The van der Waals surface area contributed by atoms with E-state index in [1.54, 1.807) is 12.1 Å². The Morgan fingerprint density at radius 3 is 2.44 bits per heavy atom. The molecule has 1 unspecified atom stereocenters. The molecule has 0 saturated carbocycles. The highest BCUT2D eigenvalue weighted by molar-refractivity contribution is 5.83. The van der Waals surface area contributed by atoms with Gasteiger partial charge in [0.05, 0.1) is 0 Å². The van der Waals surface area contributed by atoms with Crippen LogP contribution in [0.15, 0.2) is 24.3 Å². The molecule has 0 fully saturated rings. The SMILES string of the molecule is CC(N)c1cc2cc(O)ccc2n1C(C)C. The second-order valence-corrected chi connectivity index (χ2v) is 4.56. The van der Waals surface area contributed by atoms with Gasteiger partial charge in [-0.3, -0.25) is 0 Å². The van der Waals surface area contributed by atoms with Crippen LogP contribution in [0.5, 0.6) is 5.75 Å². The Balaban J connectivity index is 2.75. The second-order valence-electron chi connectivity index (χ2n) is 4.56. The van der Waals surface area contributed by atoms with Gasteiger partial charge in [-0.2, -0.15) is 0 Å². The first-order valence-corrected chi connectivity index (χ1v) is 5.60. The minimum atomic E-state index is -0.00283. The number of aromatic nitrogens is 1. The van der Waals surface area contributed by atoms with Crippen molar-refractivity contribution in [2.45, 2.75) is 32.9 Å². The predicted molar refractivity (Wildman–Crippen MR) is 66.6 cm³/mol.